The van der Waals surface area contributed by atoms with Crippen molar-refractivity contribution in [2.45, 2.75) is 23.8 Å². The topological polar surface area (TPSA) is 68.0 Å². The number of para-hydroxylation sites is 1. The summed E-state index contributed by atoms with van der Waals surface area (Å²) in [5.74, 6) is 0.244. The Morgan fingerprint density at radius 3 is 2.50 bits per heavy atom. The number of nitrogens with one attached hydrogen (secondary N) is 1. The zero-order chi connectivity index (χ0) is 18.5. The highest BCUT2D eigenvalue weighted by molar-refractivity contribution is 8.00. The highest BCUT2D eigenvalue weighted by Crippen LogP contribution is 2.31. The van der Waals surface area contributed by atoms with Crippen LogP contribution in [0.1, 0.15) is 18.4 Å². The maximum Gasteiger partial charge on any atom is 0.277 e. The second-order valence-corrected chi connectivity index (χ2v) is 7.58. The van der Waals surface area contributed by atoms with E-state index in [4.69, 9.17) is 27.6 Å². The van der Waals surface area contributed by atoms with Crippen LogP contribution in [0.3, 0.4) is 0 Å². The lowest BCUT2D eigenvalue weighted by atomic mass is 10.2. The molecule has 0 fully saturated rings. The molecule has 1 amide bonds. The van der Waals surface area contributed by atoms with Crippen LogP contribution in [0, 0.1) is 0 Å². The Balaban J connectivity index is 1.61. The summed E-state index contributed by atoms with van der Waals surface area (Å²) in [6, 6.07) is 14.9. The standard InChI is InChI=1S/C18H15Cl2N3O2S/c1-11(17(24)21-16-13(19)8-5-9-14(16)20)26-18-23-22-15(25-18)10-12-6-3-2-4-7-12/h2-9,11H,10H2,1H3,(H,21,24)/t11-/m0/s1. The van der Waals surface area contributed by atoms with Gasteiger partial charge in [-0.2, -0.15) is 0 Å². The third kappa shape index (κ3) is 4.78. The van der Waals surface area contributed by atoms with Gasteiger partial charge in [-0.05, 0) is 24.6 Å². The molecule has 134 valence electrons. The fraction of sp³-hybridized carbons (Fsp3) is 0.167. The van der Waals surface area contributed by atoms with E-state index in [1.807, 2.05) is 30.3 Å². The molecule has 8 heteroatoms. The molecule has 1 heterocycles. The molecule has 1 aromatic heterocycles. The second kappa shape index (κ2) is 8.58. The molecule has 0 radical (unpaired) electrons. The largest absolute Gasteiger partial charge is 0.416 e. The van der Waals surface area contributed by atoms with Gasteiger partial charge in [-0.15, -0.1) is 10.2 Å². The smallest absolute Gasteiger partial charge is 0.277 e. The number of carbonyl (C=O) groups is 1. The van der Waals surface area contributed by atoms with Gasteiger partial charge in [-0.25, -0.2) is 0 Å². The molecule has 3 aromatic rings. The van der Waals surface area contributed by atoms with Gasteiger partial charge in [0.1, 0.15) is 0 Å². The monoisotopic (exact) mass is 407 g/mol. The Labute approximate surface area is 165 Å². The van der Waals surface area contributed by atoms with Crippen LogP contribution in [0.4, 0.5) is 5.69 Å². The van der Waals surface area contributed by atoms with Gasteiger partial charge in [0.2, 0.25) is 11.8 Å². The number of halogens is 2. The Bertz CT molecular complexity index is 882. The highest BCUT2D eigenvalue weighted by Gasteiger charge is 2.20. The molecule has 2 aromatic carbocycles. The second-order valence-electron chi connectivity index (χ2n) is 5.47. The van der Waals surface area contributed by atoms with Crippen molar-refractivity contribution in [3.8, 4) is 0 Å². The van der Waals surface area contributed by atoms with Crippen molar-refractivity contribution in [1.29, 1.82) is 0 Å². The molecule has 0 aliphatic carbocycles. The number of aromatic nitrogens is 2. The van der Waals surface area contributed by atoms with E-state index in [-0.39, 0.29) is 5.91 Å². The maximum atomic E-state index is 12.4. The molecule has 0 saturated carbocycles. The Morgan fingerprint density at radius 1 is 1.12 bits per heavy atom. The van der Waals surface area contributed by atoms with Gasteiger partial charge in [-0.3, -0.25) is 4.79 Å². The van der Waals surface area contributed by atoms with Gasteiger partial charge in [0, 0.05) is 0 Å². The third-order valence-electron chi connectivity index (χ3n) is 3.50. The van der Waals surface area contributed by atoms with Crippen LogP contribution in [0.15, 0.2) is 58.2 Å². The Hall–Kier alpha value is -2.02. The molecule has 0 spiro atoms. The lowest BCUT2D eigenvalue weighted by Gasteiger charge is -2.12. The number of rotatable bonds is 6. The molecular weight excluding hydrogens is 393 g/mol. The number of hydrogen-bond acceptors (Lipinski definition) is 5. The molecule has 0 bridgehead atoms. The first-order chi connectivity index (χ1) is 12.5. The van der Waals surface area contributed by atoms with Crippen LogP contribution in [0.5, 0.6) is 0 Å². The van der Waals surface area contributed by atoms with Gasteiger partial charge in [0.25, 0.3) is 5.22 Å². The van der Waals surface area contributed by atoms with Crippen molar-refractivity contribution in [2.24, 2.45) is 0 Å². The summed E-state index contributed by atoms with van der Waals surface area (Å²) in [6.45, 7) is 1.74. The van der Waals surface area contributed by atoms with Gasteiger partial charge >= 0.3 is 0 Å². The van der Waals surface area contributed by atoms with Crippen molar-refractivity contribution in [2.75, 3.05) is 5.32 Å². The maximum absolute atomic E-state index is 12.4. The number of anilines is 1. The highest BCUT2D eigenvalue weighted by atomic mass is 35.5. The summed E-state index contributed by atoms with van der Waals surface area (Å²) < 4.78 is 5.61. The predicted octanol–water partition coefficient (Wildman–Crippen LogP) is 5.09. The van der Waals surface area contributed by atoms with Gasteiger partial charge < -0.3 is 9.73 Å². The fourth-order valence-electron chi connectivity index (χ4n) is 2.17. The zero-order valence-electron chi connectivity index (χ0n) is 13.8. The van der Waals surface area contributed by atoms with Crippen molar-refractivity contribution < 1.29 is 9.21 Å². The summed E-state index contributed by atoms with van der Waals surface area (Å²) in [6.07, 6.45) is 0.546. The minimum atomic E-state index is -0.465. The molecule has 1 atom stereocenters. The van der Waals surface area contributed by atoms with Crippen molar-refractivity contribution in [3.63, 3.8) is 0 Å². The van der Waals surface area contributed by atoms with Gasteiger partial charge in [0.15, 0.2) is 0 Å². The first-order valence-corrected chi connectivity index (χ1v) is 9.44. The average Bonchev–Trinajstić information content (AvgIpc) is 3.05. The quantitative estimate of drug-likeness (QED) is 0.576. The van der Waals surface area contributed by atoms with E-state index in [1.165, 1.54) is 11.8 Å². The van der Waals surface area contributed by atoms with Gasteiger partial charge in [0.05, 0.1) is 27.4 Å². The molecule has 5 nitrogen and oxygen atoms in total. The van der Waals surface area contributed by atoms with E-state index in [2.05, 4.69) is 15.5 Å². The minimum absolute atomic E-state index is 0.257. The predicted molar refractivity (Wildman–Crippen MR) is 104 cm³/mol. The van der Waals surface area contributed by atoms with E-state index < -0.39 is 5.25 Å². The Kier molecular flexibility index (Phi) is 6.19. The van der Waals surface area contributed by atoms with Crippen molar-refractivity contribution >= 4 is 46.6 Å². The summed E-state index contributed by atoms with van der Waals surface area (Å²) in [4.78, 5) is 12.4. The number of thioether (sulfide) groups is 1. The van der Waals surface area contributed by atoms with E-state index in [0.717, 1.165) is 5.56 Å². The molecule has 0 aliphatic rings. The average molecular weight is 408 g/mol. The Morgan fingerprint density at radius 2 is 1.81 bits per heavy atom. The molecule has 0 unspecified atom stereocenters. The summed E-state index contributed by atoms with van der Waals surface area (Å²) in [7, 11) is 0. The van der Waals surface area contributed by atoms with E-state index >= 15 is 0 Å². The minimum Gasteiger partial charge on any atom is -0.416 e. The molecule has 26 heavy (non-hydrogen) atoms. The van der Waals surface area contributed by atoms with Crippen LogP contribution in [-0.4, -0.2) is 21.4 Å². The molecule has 3 rings (SSSR count). The van der Waals surface area contributed by atoms with Crippen molar-refractivity contribution in [3.05, 3.63) is 70.0 Å². The van der Waals surface area contributed by atoms with E-state index in [9.17, 15) is 4.79 Å². The number of hydrogen-bond donors (Lipinski definition) is 1. The number of nitrogens with zero attached hydrogens (tertiary/aromatic N) is 2. The first-order valence-electron chi connectivity index (χ1n) is 7.81. The lowest BCUT2D eigenvalue weighted by molar-refractivity contribution is -0.115. The van der Waals surface area contributed by atoms with E-state index in [1.54, 1.807) is 25.1 Å². The van der Waals surface area contributed by atoms with Crippen LogP contribution < -0.4 is 5.32 Å². The number of benzene rings is 2. The summed E-state index contributed by atoms with van der Waals surface area (Å²) in [5.41, 5.74) is 1.47. The zero-order valence-corrected chi connectivity index (χ0v) is 16.1. The van der Waals surface area contributed by atoms with Crippen LogP contribution in [0.25, 0.3) is 0 Å². The number of carbonyl (C=O) groups excluding carboxylic acids is 1. The van der Waals surface area contributed by atoms with Gasteiger partial charge in [-0.1, -0.05) is 71.4 Å². The number of amides is 1. The normalized spacial score (nSPS) is 12.0. The van der Waals surface area contributed by atoms with Crippen molar-refractivity contribution in [1.82, 2.24) is 10.2 Å². The van der Waals surface area contributed by atoms with Crippen LogP contribution in [0.2, 0.25) is 10.0 Å². The molecule has 0 aliphatic heterocycles. The van der Waals surface area contributed by atoms with Crippen LogP contribution in [-0.2, 0) is 11.2 Å². The van der Waals surface area contributed by atoms with Crippen LogP contribution >= 0.6 is 35.0 Å². The molecular formula is C18H15Cl2N3O2S. The molecule has 1 N–H and O–H groups in total. The fourth-order valence-corrected chi connectivity index (χ4v) is 3.37. The summed E-state index contributed by atoms with van der Waals surface area (Å²) >= 11 is 13.3. The first kappa shape index (κ1) is 18.8. The summed E-state index contributed by atoms with van der Waals surface area (Å²) in [5, 5.41) is 11.4. The lowest BCUT2D eigenvalue weighted by Crippen LogP contribution is -2.22. The SMILES string of the molecule is C[C@H](Sc1nnc(Cc2ccccc2)o1)C(=O)Nc1c(Cl)cccc1Cl. The third-order valence-corrected chi connectivity index (χ3v) is 5.07. The molecule has 0 saturated heterocycles. The van der Waals surface area contributed by atoms with E-state index in [0.29, 0.717) is 33.3 Å².